The van der Waals surface area contributed by atoms with Gasteiger partial charge in [-0.1, -0.05) is 0 Å². The van der Waals surface area contributed by atoms with Gasteiger partial charge in [-0.25, -0.2) is 4.39 Å². The van der Waals surface area contributed by atoms with Crippen LogP contribution in [-0.2, 0) is 0 Å². The minimum atomic E-state index is -0.599. The third kappa shape index (κ3) is 3.20. The molecule has 22 heavy (non-hydrogen) atoms. The van der Waals surface area contributed by atoms with Crippen molar-refractivity contribution < 1.29 is 18.8 Å². The summed E-state index contributed by atoms with van der Waals surface area (Å²) < 4.78 is 18.3. The topological polar surface area (TPSA) is 81.5 Å². The quantitative estimate of drug-likeness (QED) is 0.694. The van der Waals surface area contributed by atoms with Gasteiger partial charge in [0.25, 0.3) is 11.6 Å². The van der Waals surface area contributed by atoms with Crippen molar-refractivity contribution in [3.63, 3.8) is 0 Å². The summed E-state index contributed by atoms with van der Waals surface area (Å²) in [5.41, 5.74) is 0.571. The number of amides is 1. The molecule has 0 unspecified atom stereocenters. The Kier molecular flexibility index (Phi) is 4.36. The average molecular weight is 304 g/mol. The third-order valence-corrected chi connectivity index (χ3v) is 3.05. The van der Waals surface area contributed by atoms with E-state index in [2.05, 4.69) is 5.32 Å². The summed E-state index contributed by atoms with van der Waals surface area (Å²) in [6, 6.07) is 7.84. The van der Waals surface area contributed by atoms with E-state index in [0.29, 0.717) is 11.3 Å². The van der Waals surface area contributed by atoms with Crippen molar-refractivity contribution in [1.82, 2.24) is 0 Å². The number of methoxy groups -OCH3 is 1. The summed E-state index contributed by atoms with van der Waals surface area (Å²) in [6.07, 6.45) is 0. The second-order valence-corrected chi connectivity index (χ2v) is 4.56. The molecule has 0 fully saturated rings. The lowest BCUT2D eigenvalue weighted by Gasteiger charge is -2.10. The van der Waals surface area contributed by atoms with E-state index in [0.717, 1.165) is 6.07 Å². The first-order valence-corrected chi connectivity index (χ1v) is 6.32. The van der Waals surface area contributed by atoms with Crippen LogP contribution < -0.4 is 10.1 Å². The van der Waals surface area contributed by atoms with Crippen molar-refractivity contribution in [2.45, 2.75) is 6.92 Å². The van der Waals surface area contributed by atoms with Crippen molar-refractivity contribution in [1.29, 1.82) is 0 Å². The number of nitro groups is 1. The molecule has 0 heterocycles. The minimum absolute atomic E-state index is 0.0266. The first-order valence-electron chi connectivity index (χ1n) is 6.32. The van der Waals surface area contributed by atoms with E-state index in [1.807, 2.05) is 0 Å². The lowest BCUT2D eigenvalue weighted by Crippen LogP contribution is -2.13. The van der Waals surface area contributed by atoms with Crippen LogP contribution in [0.25, 0.3) is 0 Å². The van der Waals surface area contributed by atoms with Crippen LogP contribution in [0.1, 0.15) is 15.9 Å². The first-order chi connectivity index (χ1) is 10.4. The first kappa shape index (κ1) is 15.4. The van der Waals surface area contributed by atoms with Crippen LogP contribution in [0, 0.1) is 22.9 Å². The molecular weight excluding hydrogens is 291 g/mol. The predicted molar refractivity (Wildman–Crippen MR) is 78.7 cm³/mol. The van der Waals surface area contributed by atoms with Gasteiger partial charge in [0.15, 0.2) is 0 Å². The number of carbonyl (C=O) groups excluding carboxylic acids is 1. The molecule has 0 spiro atoms. The van der Waals surface area contributed by atoms with Crippen LogP contribution in [-0.4, -0.2) is 17.9 Å². The second kappa shape index (κ2) is 6.21. The fraction of sp³-hybridized carbons (Fsp3) is 0.133. The van der Waals surface area contributed by atoms with E-state index >= 15 is 0 Å². The molecule has 0 aliphatic heterocycles. The van der Waals surface area contributed by atoms with Crippen molar-refractivity contribution >= 4 is 17.3 Å². The fourth-order valence-corrected chi connectivity index (χ4v) is 1.91. The molecule has 1 amide bonds. The van der Waals surface area contributed by atoms with E-state index in [4.69, 9.17) is 4.74 Å². The summed E-state index contributed by atoms with van der Waals surface area (Å²) in [6.45, 7) is 1.57. The average Bonchev–Trinajstić information content (AvgIpc) is 2.50. The Morgan fingerprint density at radius 3 is 2.59 bits per heavy atom. The largest absolute Gasteiger partial charge is 0.496 e. The number of anilines is 1. The Balaban J connectivity index is 2.33. The van der Waals surface area contributed by atoms with Crippen LogP contribution in [0.3, 0.4) is 0 Å². The van der Waals surface area contributed by atoms with Crippen molar-refractivity contribution in [3.05, 3.63) is 63.5 Å². The molecule has 0 atom stereocenters. The van der Waals surface area contributed by atoms with Gasteiger partial charge in [0.05, 0.1) is 17.6 Å². The molecule has 0 aliphatic rings. The van der Waals surface area contributed by atoms with Crippen molar-refractivity contribution in [3.8, 4) is 5.75 Å². The van der Waals surface area contributed by atoms with Crippen LogP contribution in [0.2, 0.25) is 0 Å². The number of benzene rings is 2. The molecule has 0 saturated heterocycles. The molecular formula is C15H13FN2O4. The lowest BCUT2D eigenvalue weighted by molar-refractivity contribution is -0.384. The zero-order chi connectivity index (χ0) is 16.3. The number of nitrogens with one attached hydrogen (secondary N) is 1. The Morgan fingerprint density at radius 1 is 1.27 bits per heavy atom. The number of hydrogen-bond donors (Lipinski definition) is 1. The standard InChI is InChI=1S/C15H13FN2O4/c1-9-7-10(3-5-13(9)16)17-15(19)12-8-11(18(20)21)4-6-14(12)22-2/h3-8H,1-2H3,(H,17,19). The molecule has 2 rings (SSSR count). The zero-order valence-corrected chi connectivity index (χ0v) is 11.9. The SMILES string of the molecule is COc1ccc([N+](=O)[O-])cc1C(=O)Nc1ccc(F)c(C)c1. The Hall–Kier alpha value is -2.96. The summed E-state index contributed by atoms with van der Waals surface area (Å²) in [5.74, 6) is -0.751. The molecule has 6 nitrogen and oxygen atoms in total. The molecule has 2 aromatic rings. The maximum absolute atomic E-state index is 13.2. The molecule has 7 heteroatoms. The molecule has 2 aromatic carbocycles. The van der Waals surface area contributed by atoms with Crippen LogP contribution in [0.4, 0.5) is 15.8 Å². The van der Waals surface area contributed by atoms with E-state index in [-0.39, 0.29) is 22.8 Å². The van der Waals surface area contributed by atoms with E-state index in [1.165, 1.54) is 37.4 Å². The van der Waals surface area contributed by atoms with Crippen LogP contribution in [0.15, 0.2) is 36.4 Å². The molecule has 0 saturated carbocycles. The highest BCUT2D eigenvalue weighted by molar-refractivity contribution is 6.06. The van der Waals surface area contributed by atoms with E-state index in [1.54, 1.807) is 6.92 Å². The Bertz CT molecular complexity index is 746. The van der Waals surface area contributed by atoms with Gasteiger partial charge in [-0.2, -0.15) is 0 Å². The van der Waals surface area contributed by atoms with Crippen LogP contribution in [0.5, 0.6) is 5.75 Å². The van der Waals surface area contributed by atoms with Gasteiger partial charge in [-0.15, -0.1) is 0 Å². The normalized spacial score (nSPS) is 10.1. The maximum Gasteiger partial charge on any atom is 0.270 e. The minimum Gasteiger partial charge on any atom is -0.496 e. The third-order valence-electron chi connectivity index (χ3n) is 3.05. The van der Waals surface area contributed by atoms with Gasteiger partial charge in [0.2, 0.25) is 0 Å². The highest BCUT2D eigenvalue weighted by atomic mass is 19.1. The molecule has 114 valence electrons. The second-order valence-electron chi connectivity index (χ2n) is 4.56. The van der Waals surface area contributed by atoms with Crippen LogP contribution >= 0.6 is 0 Å². The summed E-state index contributed by atoms with van der Waals surface area (Å²) in [5, 5.41) is 13.4. The maximum atomic E-state index is 13.2. The van der Waals surface area contributed by atoms with Gasteiger partial charge < -0.3 is 10.1 Å². The monoisotopic (exact) mass is 304 g/mol. The molecule has 0 bridgehead atoms. The summed E-state index contributed by atoms with van der Waals surface area (Å²) in [7, 11) is 1.36. The van der Waals surface area contributed by atoms with E-state index < -0.39 is 10.8 Å². The van der Waals surface area contributed by atoms with Gasteiger partial charge in [-0.3, -0.25) is 14.9 Å². The predicted octanol–water partition coefficient (Wildman–Crippen LogP) is 3.30. The van der Waals surface area contributed by atoms with Gasteiger partial charge in [-0.05, 0) is 36.8 Å². The number of halogens is 1. The number of ether oxygens (including phenoxy) is 1. The molecule has 0 aliphatic carbocycles. The summed E-state index contributed by atoms with van der Waals surface area (Å²) in [4.78, 5) is 22.5. The van der Waals surface area contributed by atoms with Crippen molar-refractivity contribution in [2.24, 2.45) is 0 Å². The number of non-ortho nitro benzene ring substituents is 1. The zero-order valence-electron chi connectivity index (χ0n) is 11.9. The van der Waals surface area contributed by atoms with E-state index in [9.17, 15) is 19.3 Å². The fourth-order valence-electron chi connectivity index (χ4n) is 1.91. The number of hydrogen-bond acceptors (Lipinski definition) is 4. The highest BCUT2D eigenvalue weighted by Gasteiger charge is 2.17. The van der Waals surface area contributed by atoms with Crippen molar-refractivity contribution in [2.75, 3.05) is 12.4 Å². The smallest absolute Gasteiger partial charge is 0.270 e. The molecule has 0 aromatic heterocycles. The van der Waals surface area contributed by atoms with Gasteiger partial charge in [0.1, 0.15) is 11.6 Å². The van der Waals surface area contributed by atoms with Gasteiger partial charge in [0, 0.05) is 17.8 Å². The highest BCUT2D eigenvalue weighted by Crippen LogP contribution is 2.25. The molecule has 1 N–H and O–H groups in total. The Labute approximate surface area is 125 Å². The lowest BCUT2D eigenvalue weighted by atomic mass is 10.1. The van der Waals surface area contributed by atoms with Gasteiger partial charge >= 0.3 is 0 Å². The summed E-state index contributed by atoms with van der Waals surface area (Å²) >= 11 is 0. The number of nitrogens with zero attached hydrogens (tertiary/aromatic N) is 1. The number of rotatable bonds is 4. The number of carbonyl (C=O) groups is 1. The number of nitro benzene ring substituents is 1. The molecule has 0 radical (unpaired) electrons. The number of aryl methyl sites for hydroxylation is 1. The Morgan fingerprint density at radius 2 is 2.00 bits per heavy atom.